The number of halogens is 2. The SMILES string of the molecule is N=CCCc1ccc2c(c1F)COc1c-2ccc(N)c1F. The van der Waals surface area contributed by atoms with E-state index < -0.39 is 5.82 Å². The average Bonchev–Trinajstić information content (AvgIpc) is 2.50. The zero-order chi connectivity index (χ0) is 15.0. The maximum atomic E-state index is 14.5. The van der Waals surface area contributed by atoms with Gasteiger partial charge in [-0.15, -0.1) is 0 Å². The fraction of sp³-hybridized carbons (Fsp3) is 0.188. The maximum absolute atomic E-state index is 14.5. The summed E-state index contributed by atoms with van der Waals surface area (Å²) < 4.78 is 33.8. The van der Waals surface area contributed by atoms with Crippen molar-refractivity contribution in [2.24, 2.45) is 0 Å². The van der Waals surface area contributed by atoms with Gasteiger partial charge in [-0.1, -0.05) is 12.1 Å². The first-order chi connectivity index (χ1) is 10.1. The maximum Gasteiger partial charge on any atom is 0.188 e. The predicted molar refractivity (Wildman–Crippen MR) is 77.6 cm³/mol. The predicted octanol–water partition coefficient (Wildman–Crippen LogP) is 3.69. The van der Waals surface area contributed by atoms with E-state index in [4.69, 9.17) is 15.9 Å². The molecule has 0 radical (unpaired) electrons. The summed E-state index contributed by atoms with van der Waals surface area (Å²) in [5, 5.41) is 7.03. The van der Waals surface area contributed by atoms with Crippen molar-refractivity contribution in [3.63, 3.8) is 0 Å². The molecule has 1 aliphatic rings. The molecule has 1 aliphatic heterocycles. The summed E-state index contributed by atoms with van der Waals surface area (Å²) in [5.74, 6) is -0.863. The van der Waals surface area contributed by atoms with Gasteiger partial charge >= 0.3 is 0 Å². The molecule has 2 aromatic carbocycles. The first-order valence-corrected chi connectivity index (χ1v) is 6.63. The number of aryl methyl sites for hydroxylation is 1. The molecule has 0 saturated carbocycles. The Bertz CT molecular complexity index is 729. The van der Waals surface area contributed by atoms with Crippen LogP contribution in [0.3, 0.4) is 0 Å². The lowest BCUT2D eigenvalue weighted by Gasteiger charge is -2.23. The third kappa shape index (κ3) is 2.14. The molecule has 108 valence electrons. The van der Waals surface area contributed by atoms with Crippen molar-refractivity contribution in [2.75, 3.05) is 5.73 Å². The number of nitrogens with two attached hydrogens (primary N) is 1. The quantitative estimate of drug-likeness (QED) is 0.668. The van der Waals surface area contributed by atoms with Gasteiger partial charge in [0.1, 0.15) is 12.4 Å². The first-order valence-electron chi connectivity index (χ1n) is 6.63. The highest BCUT2D eigenvalue weighted by molar-refractivity contribution is 5.78. The van der Waals surface area contributed by atoms with Crippen LogP contribution in [0.2, 0.25) is 0 Å². The van der Waals surface area contributed by atoms with Crippen LogP contribution in [0.25, 0.3) is 11.1 Å². The molecule has 3 N–H and O–H groups in total. The fourth-order valence-electron chi connectivity index (χ4n) is 2.55. The van der Waals surface area contributed by atoms with E-state index in [1.807, 2.05) is 0 Å². The van der Waals surface area contributed by atoms with Gasteiger partial charge in [0.25, 0.3) is 0 Å². The van der Waals surface area contributed by atoms with Gasteiger partial charge < -0.3 is 15.9 Å². The van der Waals surface area contributed by atoms with E-state index in [1.54, 1.807) is 18.2 Å². The van der Waals surface area contributed by atoms with Crippen molar-refractivity contribution >= 4 is 11.9 Å². The Balaban J connectivity index is 2.12. The van der Waals surface area contributed by atoms with Crippen molar-refractivity contribution in [3.05, 3.63) is 47.0 Å². The lowest BCUT2D eigenvalue weighted by atomic mass is 9.93. The number of fused-ring (bicyclic) bond motifs is 3. The van der Waals surface area contributed by atoms with Gasteiger partial charge in [0.05, 0.1) is 5.69 Å². The lowest BCUT2D eigenvalue weighted by Crippen LogP contribution is -2.11. The highest BCUT2D eigenvalue weighted by atomic mass is 19.1. The van der Waals surface area contributed by atoms with Crippen LogP contribution < -0.4 is 10.5 Å². The number of nitrogen functional groups attached to an aromatic ring is 1. The molecule has 0 fully saturated rings. The molecule has 0 aliphatic carbocycles. The second-order valence-corrected chi connectivity index (χ2v) is 4.94. The third-order valence-corrected chi connectivity index (χ3v) is 3.66. The normalized spacial score (nSPS) is 12.3. The summed E-state index contributed by atoms with van der Waals surface area (Å²) in [6.45, 7) is -0.0209. The molecule has 0 amide bonds. The van der Waals surface area contributed by atoms with Crippen molar-refractivity contribution in [3.8, 4) is 16.9 Å². The van der Waals surface area contributed by atoms with Crippen LogP contribution in [0.1, 0.15) is 17.5 Å². The smallest absolute Gasteiger partial charge is 0.188 e. The van der Waals surface area contributed by atoms with Gasteiger partial charge in [-0.3, -0.25) is 0 Å². The summed E-state index contributed by atoms with van der Waals surface area (Å²) in [5.41, 5.74) is 7.65. The van der Waals surface area contributed by atoms with E-state index >= 15 is 0 Å². The zero-order valence-electron chi connectivity index (χ0n) is 11.2. The van der Waals surface area contributed by atoms with Crippen LogP contribution in [-0.2, 0) is 13.0 Å². The molecule has 0 bridgehead atoms. The topological polar surface area (TPSA) is 59.1 Å². The second kappa shape index (κ2) is 5.16. The molecule has 0 saturated heterocycles. The molecule has 0 unspecified atom stereocenters. The Morgan fingerprint density at radius 3 is 2.67 bits per heavy atom. The van der Waals surface area contributed by atoms with Crippen molar-refractivity contribution in [2.45, 2.75) is 19.4 Å². The Morgan fingerprint density at radius 2 is 1.90 bits per heavy atom. The largest absolute Gasteiger partial charge is 0.485 e. The Kier molecular flexibility index (Phi) is 3.33. The summed E-state index contributed by atoms with van der Waals surface area (Å²) in [7, 11) is 0. The van der Waals surface area contributed by atoms with E-state index in [0.29, 0.717) is 35.1 Å². The number of ether oxygens (including phenoxy) is 1. The Labute approximate surface area is 120 Å². The number of hydrogen-bond donors (Lipinski definition) is 2. The van der Waals surface area contributed by atoms with E-state index in [-0.39, 0.29) is 23.9 Å². The molecular formula is C16H14F2N2O. The molecule has 0 aromatic heterocycles. The second-order valence-electron chi connectivity index (χ2n) is 4.94. The van der Waals surface area contributed by atoms with Gasteiger partial charge in [0.2, 0.25) is 0 Å². The van der Waals surface area contributed by atoms with Gasteiger partial charge in [0.15, 0.2) is 11.6 Å². The Hall–Kier alpha value is -2.43. The minimum atomic E-state index is -0.605. The molecule has 0 atom stereocenters. The van der Waals surface area contributed by atoms with Crippen LogP contribution in [-0.4, -0.2) is 6.21 Å². The number of rotatable bonds is 3. The molecular weight excluding hydrogens is 274 g/mol. The van der Waals surface area contributed by atoms with E-state index in [1.165, 1.54) is 12.3 Å². The lowest BCUT2D eigenvalue weighted by molar-refractivity contribution is 0.281. The molecule has 2 aromatic rings. The third-order valence-electron chi connectivity index (χ3n) is 3.66. The van der Waals surface area contributed by atoms with Crippen LogP contribution in [0.5, 0.6) is 5.75 Å². The summed E-state index contributed by atoms with van der Waals surface area (Å²) in [6.07, 6.45) is 2.20. The van der Waals surface area contributed by atoms with Crippen LogP contribution >= 0.6 is 0 Å². The van der Waals surface area contributed by atoms with Gasteiger partial charge in [-0.05, 0) is 42.3 Å². The summed E-state index contributed by atoms with van der Waals surface area (Å²) in [6, 6.07) is 6.55. The van der Waals surface area contributed by atoms with Crippen LogP contribution in [0.15, 0.2) is 24.3 Å². The standard InChI is InChI=1S/C16H14F2N2O/c17-14-9(2-1-7-19)3-4-10-11-5-6-13(20)15(18)16(11)21-8-12(10)14/h3-7,19H,1-2,8,20H2. The van der Waals surface area contributed by atoms with Crippen molar-refractivity contribution in [1.82, 2.24) is 0 Å². The van der Waals surface area contributed by atoms with Gasteiger partial charge in [0, 0.05) is 11.1 Å². The Morgan fingerprint density at radius 1 is 1.14 bits per heavy atom. The van der Waals surface area contributed by atoms with Gasteiger partial charge in [-0.25, -0.2) is 8.78 Å². The molecule has 5 heteroatoms. The molecule has 21 heavy (non-hydrogen) atoms. The number of nitrogens with one attached hydrogen (secondary N) is 1. The zero-order valence-corrected chi connectivity index (χ0v) is 11.2. The molecule has 1 heterocycles. The van der Waals surface area contributed by atoms with Crippen LogP contribution in [0.4, 0.5) is 14.5 Å². The first kappa shape index (κ1) is 13.5. The minimum Gasteiger partial charge on any atom is -0.485 e. The monoisotopic (exact) mass is 288 g/mol. The van der Waals surface area contributed by atoms with Crippen molar-refractivity contribution in [1.29, 1.82) is 5.41 Å². The average molecular weight is 288 g/mol. The minimum absolute atomic E-state index is 0.0141. The van der Waals surface area contributed by atoms with Gasteiger partial charge in [-0.2, -0.15) is 0 Å². The van der Waals surface area contributed by atoms with E-state index in [2.05, 4.69) is 0 Å². The summed E-state index contributed by atoms with van der Waals surface area (Å²) >= 11 is 0. The van der Waals surface area contributed by atoms with Crippen LogP contribution in [0, 0.1) is 17.0 Å². The molecule has 0 spiro atoms. The van der Waals surface area contributed by atoms with E-state index in [9.17, 15) is 8.78 Å². The van der Waals surface area contributed by atoms with E-state index in [0.717, 1.165) is 0 Å². The molecule has 3 rings (SSSR count). The number of anilines is 1. The highest BCUT2D eigenvalue weighted by Gasteiger charge is 2.25. The highest BCUT2D eigenvalue weighted by Crippen LogP contribution is 2.42. The van der Waals surface area contributed by atoms with Crippen molar-refractivity contribution < 1.29 is 13.5 Å². The fourth-order valence-corrected chi connectivity index (χ4v) is 2.55. The number of benzene rings is 2. The molecule has 3 nitrogen and oxygen atoms in total. The summed E-state index contributed by atoms with van der Waals surface area (Å²) in [4.78, 5) is 0. The number of hydrogen-bond acceptors (Lipinski definition) is 3.